The first-order valence-electron chi connectivity index (χ1n) is 5.35. The summed E-state index contributed by atoms with van der Waals surface area (Å²) < 4.78 is 11.8. The Balaban J connectivity index is 2.42. The van der Waals surface area contributed by atoms with Crippen LogP contribution in [-0.2, 0) is 11.3 Å². The standard InChI is InChI=1S/C11H14BrNO4/c12-8-6-9-11(16-4-1-3-15-9)7(10(8)14)2-5-17-13/h6,14H,1-5,13H2. The number of hydrogen-bond acceptors (Lipinski definition) is 5. The second-order valence-electron chi connectivity index (χ2n) is 3.68. The molecule has 0 bridgehead atoms. The average molecular weight is 304 g/mol. The van der Waals surface area contributed by atoms with Crippen LogP contribution in [0.3, 0.4) is 0 Å². The van der Waals surface area contributed by atoms with Gasteiger partial charge in [-0.05, 0) is 15.9 Å². The first-order chi connectivity index (χ1) is 8.24. The van der Waals surface area contributed by atoms with Gasteiger partial charge in [-0.2, -0.15) is 0 Å². The van der Waals surface area contributed by atoms with E-state index in [1.165, 1.54) is 0 Å². The van der Waals surface area contributed by atoms with Crippen LogP contribution in [0.25, 0.3) is 0 Å². The lowest BCUT2D eigenvalue weighted by Gasteiger charge is -2.15. The molecule has 1 aliphatic heterocycles. The number of ether oxygens (including phenoxy) is 2. The van der Waals surface area contributed by atoms with E-state index in [9.17, 15) is 5.11 Å². The van der Waals surface area contributed by atoms with E-state index >= 15 is 0 Å². The Bertz CT molecular complexity index is 411. The molecule has 1 aromatic carbocycles. The Morgan fingerprint density at radius 1 is 1.41 bits per heavy atom. The van der Waals surface area contributed by atoms with Gasteiger partial charge in [0.1, 0.15) is 5.75 Å². The normalized spacial score (nSPS) is 14.5. The Morgan fingerprint density at radius 3 is 2.94 bits per heavy atom. The van der Waals surface area contributed by atoms with E-state index in [-0.39, 0.29) is 5.75 Å². The lowest BCUT2D eigenvalue weighted by Crippen LogP contribution is -2.06. The van der Waals surface area contributed by atoms with E-state index in [0.29, 0.717) is 47.8 Å². The molecular weight excluding hydrogens is 290 g/mol. The maximum Gasteiger partial charge on any atom is 0.168 e. The maximum absolute atomic E-state index is 9.99. The molecule has 94 valence electrons. The molecular formula is C11H14BrNO4. The third kappa shape index (κ3) is 2.65. The molecule has 0 radical (unpaired) electrons. The number of phenolic OH excluding ortho intramolecular Hbond substituents is 1. The molecule has 0 fully saturated rings. The SMILES string of the molecule is NOCCc1c(O)c(Br)cc2c1OCCCO2. The van der Waals surface area contributed by atoms with E-state index < -0.39 is 0 Å². The summed E-state index contributed by atoms with van der Waals surface area (Å²) in [4.78, 5) is 4.54. The number of benzene rings is 1. The molecule has 2 rings (SSSR count). The highest BCUT2D eigenvalue weighted by Crippen LogP contribution is 2.43. The lowest BCUT2D eigenvalue weighted by molar-refractivity contribution is 0.140. The third-order valence-electron chi connectivity index (χ3n) is 2.53. The molecule has 1 aromatic rings. The van der Waals surface area contributed by atoms with Crippen molar-refractivity contribution in [1.82, 2.24) is 0 Å². The number of fused-ring (bicyclic) bond motifs is 1. The van der Waals surface area contributed by atoms with Crippen LogP contribution in [0.5, 0.6) is 17.2 Å². The highest BCUT2D eigenvalue weighted by Gasteiger charge is 2.20. The predicted molar refractivity (Wildman–Crippen MR) is 65.3 cm³/mol. The fourth-order valence-electron chi connectivity index (χ4n) is 1.72. The fourth-order valence-corrected chi connectivity index (χ4v) is 2.17. The molecule has 0 spiro atoms. The molecule has 0 amide bonds. The van der Waals surface area contributed by atoms with Gasteiger partial charge in [0.05, 0.1) is 24.3 Å². The van der Waals surface area contributed by atoms with Crippen LogP contribution in [-0.4, -0.2) is 24.9 Å². The van der Waals surface area contributed by atoms with E-state index in [1.807, 2.05) is 0 Å². The van der Waals surface area contributed by atoms with Crippen molar-refractivity contribution >= 4 is 15.9 Å². The third-order valence-corrected chi connectivity index (χ3v) is 3.13. The molecule has 1 aliphatic rings. The van der Waals surface area contributed by atoms with Gasteiger partial charge in [0.25, 0.3) is 0 Å². The van der Waals surface area contributed by atoms with Crippen molar-refractivity contribution in [2.75, 3.05) is 19.8 Å². The fraction of sp³-hybridized carbons (Fsp3) is 0.455. The number of hydrogen-bond donors (Lipinski definition) is 2. The maximum atomic E-state index is 9.99. The Hall–Kier alpha value is -0.980. The average Bonchev–Trinajstić information content (AvgIpc) is 2.55. The first kappa shape index (κ1) is 12.5. The van der Waals surface area contributed by atoms with Gasteiger partial charge < -0.3 is 19.4 Å². The van der Waals surface area contributed by atoms with Gasteiger partial charge in [0, 0.05) is 24.5 Å². The van der Waals surface area contributed by atoms with Crippen LogP contribution < -0.4 is 15.4 Å². The molecule has 0 saturated heterocycles. The number of phenols is 1. The first-order valence-corrected chi connectivity index (χ1v) is 6.15. The minimum atomic E-state index is 0.145. The molecule has 0 atom stereocenters. The van der Waals surface area contributed by atoms with Crippen molar-refractivity contribution in [3.05, 3.63) is 16.1 Å². The zero-order valence-electron chi connectivity index (χ0n) is 9.24. The van der Waals surface area contributed by atoms with Gasteiger partial charge in [-0.25, -0.2) is 5.90 Å². The summed E-state index contributed by atoms with van der Waals surface area (Å²) in [5, 5.41) is 9.99. The quantitative estimate of drug-likeness (QED) is 0.832. The minimum Gasteiger partial charge on any atom is -0.506 e. The van der Waals surface area contributed by atoms with Gasteiger partial charge in [-0.1, -0.05) is 0 Å². The lowest BCUT2D eigenvalue weighted by atomic mass is 10.1. The zero-order chi connectivity index (χ0) is 12.3. The zero-order valence-corrected chi connectivity index (χ0v) is 10.8. The van der Waals surface area contributed by atoms with E-state index in [1.54, 1.807) is 6.07 Å². The van der Waals surface area contributed by atoms with Crippen molar-refractivity contribution in [2.45, 2.75) is 12.8 Å². The van der Waals surface area contributed by atoms with Gasteiger partial charge in [0.2, 0.25) is 0 Å². The topological polar surface area (TPSA) is 73.9 Å². The number of nitrogens with two attached hydrogens (primary N) is 1. The van der Waals surface area contributed by atoms with Crippen LogP contribution >= 0.6 is 15.9 Å². The second-order valence-corrected chi connectivity index (χ2v) is 4.54. The van der Waals surface area contributed by atoms with Crippen molar-refractivity contribution in [1.29, 1.82) is 0 Å². The molecule has 5 nitrogen and oxygen atoms in total. The molecule has 1 heterocycles. The summed E-state index contributed by atoms with van der Waals surface area (Å²) in [6.45, 7) is 1.49. The summed E-state index contributed by atoms with van der Waals surface area (Å²) in [5.74, 6) is 6.37. The van der Waals surface area contributed by atoms with Gasteiger partial charge in [-0.15, -0.1) is 0 Å². The molecule has 0 unspecified atom stereocenters. The molecule has 3 N–H and O–H groups in total. The number of rotatable bonds is 3. The summed E-state index contributed by atoms with van der Waals surface area (Å²) in [6.07, 6.45) is 1.29. The van der Waals surface area contributed by atoms with Crippen molar-refractivity contribution in [2.24, 2.45) is 5.90 Å². The molecule has 6 heteroatoms. The second kappa shape index (κ2) is 5.57. The van der Waals surface area contributed by atoms with Crippen molar-refractivity contribution < 1.29 is 19.4 Å². The number of halogens is 1. The minimum absolute atomic E-state index is 0.145. The van der Waals surface area contributed by atoms with Crippen molar-refractivity contribution in [3.8, 4) is 17.2 Å². The van der Waals surface area contributed by atoms with Crippen LogP contribution in [0.15, 0.2) is 10.5 Å². The summed E-state index contributed by atoms with van der Waals surface area (Å²) in [5.41, 5.74) is 0.654. The monoisotopic (exact) mass is 303 g/mol. The smallest absolute Gasteiger partial charge is 0.168 e. The highest BCUT2D eigenvalue weighted by atomic mass is 79.9. The van der Waals surface area contributed by atoms with Gasteiger partial charge in [-0.3, -0.25) is 0 Å². The Kier molecular flexibility index (Phi) is 4.09. The molecule has 0 aliphatic carbocycles. The molecule has 17 heavy (non-hydrogen) atoms. The molecule has 0 aromatic heterocycles. The van der Waals surface area contributed by atoms with Gasteiger partial charge >= 0.3 is 0 Å². The van der Waals surface area contributed by atoms with E-state index in [2.05, 4.69) is 20.8 Å². The summed E-state index contributed by atoms with van der Waals surface area (Å²) in [7, 11) is 0. The van der Waals surface area contributed by atoms with Crippen LogP contribution in [0.1, 0.15) is 12.0 Å². The highest BCUT2D eigenvalue weighted by molar-refractivity contribution is 9.10. The van der Waals surface area contributed by atoms with Crippen LogP contribution in [0.2, 0.25) is 0 Å². The summed E-state index contributed by atoms with van der Waals surface area (Å²) >= 11 is 3.28. The van der Waals surface area contributed by atoms with Crippen LogP contribution in [0.4, 0.5) is 0 Å². The van der Waals surface area contributed by atoms with Gasteiger partial charge in [0.15, 0.2) is 11.5 Å². The Labute approximate surface area is 108 Å². The summed E-state index contributed by atoms with van der Waals surface area (Å²) in [6, 6.07) is 1.71. The van der Waals surface area contributed by atoms with E-state index in [0.717, 1.165) is 6.42 Å². The predicted octanol–water partition coefficient (Wildman–Crippen LogP) is 1.75. The van der Waals surface area contributed by atoms with Crippen LogP contribution in [0, 0.1) is 0 Å². The Morgan fingerprint density at radius 2 is 2.18 bits per heavy atom. The van der Waals surface area contributed by atoms with E-state index in [4.69, 9.17) is 15.4 Å². The largest absolute Gasteiger partial charge is 0.506 e. The molecule has 0 saturated carbocycles. The number of aromatic hydroxyl groups is 1. The van der Waals surface area contributed by atoms with Crippen molar-refractivity contribution in [3.63, 3.8) is 0 Å².